The molecular weight excluding hydrogens is 828 g/mol. The molecule has 68 heavy (non-hydrogen) atoms. The Labute approximate surface area is 402 Å². The van der Waals surface area contributed by atoms with Crippen LogP contribution in [0.4, 0.5) is 51.2 Å². The van der Waals surface area contributed by atoms with E-state index < -0.39 is 0 Å². The molecule has 1 aromatic heterocycles. The molecule has 0 saturated heterocycles. The number of benzene rings is 8. The molecule has 2 aliphatic heterocycles. The van der Waals surface area contributed by atoms with E-state index in [0.29, 0.717) is 17.8 Å². The average molecular weight is 887 g/mol. The summed E-state index contributed by atoms with van der Waals surface area (Å²) in [6, 6.07) is 64.8. The second-order valence-corrected chi connectivity index (χ2v) is 20.6. The Hall–Kier alpha value is -7.38. The molecule has 9 aromatic rings. The van der Waals surface area contributed by atoms with Crippen LogP contribution in [0.3, 0.4) is 0 Å². The molecule has 0 spiro atoms. The van der Waals surface area contributed by atoms with Gasteiger partial charge < -0.3 is 14.7 Å². The van der Waals surface area contributed by atoms with Crippen LogP contribution in [0.15, 0.2) is 176 Å². The number of para-hydroxylation sites is 3. The van der Waals surface area contributed by atoms with Crippen molar-refractivity contribution in [1.29, 1.82) is 0 Å². The molecule has 0 bridgehead atoms. The average Bonchev–Trinajstić information content (AvgIpc) is 3.77. The lowest BCUT2D eigenvalue weighted by atomic mass is 9.33. The number of rotatable bonds is 9. The minimum Gasteiger partial charge on any atom is -0.311 e. The standard InChI is InChI=1S/C61H59BN6/c1-39(2)42-34-49(40(3)4)60(50(35-42)41(5)6)65(46-30-28-43(29-31-46)61(7,8)9)48-32-33-51-57(36-48)66(44-20-13-10-14-21-44)55-26-19-27-56-59(55)62(51)52-37-53-54(64-68(63-53)47-24-17-12-18-25-47)38-58(52)67(56)45-22-15-11-16-23-45/h10-41H,1-9H3. The van der Waals surface area contributed by atoms with Crippen molar-refractivity contribution in [2.24, 2.45) is 0 Å². The van der Waals surface area contributed by atoms with Crippen molar-refractivity contribution < 1.29 is 0 Å². The van der Waals surface area contributed by atoms with Crippen molar-refractivity contribution in [2.45, 2.75) is 85.5 Å². The lowest BCUT2D eigenvalue weighted by molar-refractivity contribution is 0.590. The summed E-state index contributed by atoms with van der Waals surface area (Å²) < 4.78 is 0. The van der Waals surface area contributed by atoms with Gasteiger partial charge in [-0.25, -0.2) is 0 Å². The number of aromatic nitrogens is 3. The number of nitrogens with zero attached hydrogens (tertiary/aromatic N) is 6. The quantitative estimate of drug-likeness (QED) is 0.135. The molecule has 2 aliphatic rings. The molecule has 11 rings (SSSR count). The summed E-state index contributed by atoms with van der Waals surface area (Å²) in [5.41, 5.74) is 22.2. The predicted molar refractivity (Wildman–Crippen MR) is 289 cm³/mol. The van der Waals surface area contributed by atoms with Gasteiger partial charge in [-0.2, -0.15) is 4.80 Å². The molecule has 8 aromatic carbocycles. The van der Waals surface area contributed by atoms with Crippen LogP contribution < -0.4 is 31.1 Å². The van der Waals surface area contributed by atoms with Crippen LogP contribution >= 0.6 is 0 Å². The Kier molecular flexibility index (Phi) is 10.6. The summed E-state index contributed by atoms with van der Waals surface area (Å²) in [4.78, 5) is 9.27. The van der Waals surface area contributed by atoms with Gasteiger partial charge in [0, 0.05) is 45.5 Å². The topological polar surface area (TPSA) is 40.4 Å². The van der Waals surface area contributed by atoms with Crippen molar-refractivity contribution in [3.8, 4) is 5.69 Å². The number of fused-ring (bicyclic) bond motifs is 5. The van der Waals surface area contributed by atoms with Gasteiger partial charge in [0.05, 0.1) is 11.4 Å². The maximum Gasteiger partial charge on any atom is 0.252 e. The van der Waals surface area contributed by atoms with Crippen LogP contribution in [0.5, 0.6) is 0 Å². The molecule has 0 atom stereocenters. The zero-order chi connectivity index (χ0) is 47.0. The van der Waals surface area contributed by atoms with Gasteiger partial charge in [0.25, 0.3) is 6.71 Å². The Balaban J connectivity index is 1.20. The maximum absolute atomic E-state index is 5.13. The Morgan fingerprint density at radius 3 is 1.47 bits per heavy atom. The molecular formula is C61H59BN6. The highest BCUT2D eigenvalue weighted by Crippen LogP contribution is 2.49. The predicted octanol–water partition coefficient (Wildman–Crippen LogP) is 14.6. The molecule has 0 N–H and O–H groups in total. The normalized spacial score (nSPS) is 13.1. The molecule has 0 aliphatic carbocycles. The van der Waals surface area contributed by atoms with E-state index in [9.17, 15) is 0 Å². The first-order valence-corrected chi connectivity index (χ1v) is 24.4. The molecule has 0 unspecified atom stereocenters. The lowest BCUT2D eigenvalue weighted by Crippen LogP contribution is -2.61. The van der Waals surface area contributed by atoms with E-state index in [1.54, 1.807) is 4.80 Å². The van der Waals surface area contributed by atoms with Gasteiger partial charge in [0.2, 0.25) is 0 Å². The second-order valence-electron chi connectivity index (χ2n) is 20.6. The zero-order valence-corrected chi connectivity index (χ0v) is 40.7. The van der Waals surface area contributed by atoms with Gasteiger partial charge in [-0.05, 0) is 147 Å². The third kappa shape index (κ3) is 7.27. The molecule has 0 saturated carbocycles. The summed E-state index contributed by atoms with van der Waals surface area (Å²) in [5, 5.41) is 10.2. The van der Waals surface area contributed by atoms with E-state index in [1.165, 1.54) is 44.3 Å². The first-order valence-electron chi connectivity index (χ1n) is 24.4. The van der Waals surface area contributed by atoms with Gasteiger partial charge in [0.1, 0.15) is 11.0 Å². The SMILES string of the molecule is CC(C)c1cc(C(C)C)c(N(c2ccc(C(C)(C)C)cc2)c2ccc3c(c2)N(c2ccccc2)c2cccc4c2B3c2cc3nn(-c5ccccc5)nc3cc2N4c2ccccc2)c(C(C)C)c1. The first-order chi connectivity index (χ1) is 32.9. The molecule has 7 heteroatoms. The lowest BCUT2D eigenvalue weighted by Gasteiger charge is -2.44. The van der Waals surface area contributed by atoms with Crippen molar-refractivity contribution >= 4 is 85.3 Å². The van der Waals surface area contributed by atoms with Crippen molar-refractivity contribution in [3.63, 3.8) is 0 Å². The van der Waals surface area contributed by atoms with Crippen LogP contribution in [0.2, 0.25) is 0 Å². The smallest absolute Gasteiger partial charge is 0.252 e. The monoisotopic (exact) mass is 886 g/mol. The van der Waals surface area contributed by atoms with Crippen LogP contribution in [0, 0.1) is 0 Å². The van der Waals surface area contributed by atoms with Gasteiger partial charge in [0.15, 0.2) is 0 Å². The minimum absolute atomic E-state index is 0.0242. The second kappa shape index (κ2) is 16.7. The summed E-state index contributed by atoms with van der Waals surface area (Å²) in [6.45, 7) is 20.8. The highest BCUT2D eigenvalue weighted by atomic mass is 15.5. The third-order valence-electron chi connectivity index (χ3n) is 14.1. The Morgan fingerprint density at radius 2 is 0.956 bits per heavy atom. The van der Waals surface area contributed by atoms with Crippen LogP contribution in [0.1, 0.15) is 102 Å². The Morgan fingerprint density at radius 1 is 0.456 bits per heavy atom. The molecule has 336 valence electrons. The van der Waals surface area contributed by atoms with Crippen LogP contribution in [-0.2, 0) is 5.41 Å². The fourth-order valence-corrected chi connectivity index (χ4v) is 10.5. The summed E-state index contributed by atoms with van der Waals surface area (Å²) in [7, 11) is 0. The summed E-state index contributed by atoms with van der Waals surface area (Å²) in [6.07, 6.45) is 0. The molecule has 3 heterocycles. The van der Waals surface area contributed by atoms with Crippen LogP contribution in [0.25, 0.3) is 16.7 Å². The van der Waals surface area contributed by atoms with Gasteiger partial charge in [-0.3, -0.25) is 0 Å². The maximum atomic E-state index is 5.13. The first kappa shape index (κ1) is 43.2. The van der Waals surface area contributed by atoms with Gasteiger partial charge >= 0.3 is 0 Å². The van der Waals surface area contributed by atoms with Crippen LogP contribution in [-0.4, -0.2) is 21.7 Å². The largest absolute Gasteiger partial charge is 0.311 e. The van der Waals surface area contributed by atoms with E-state index in [-0.39, 0.29) is 12.1 Å². The van der Waals surface area contributed by atoms with Crippen molar-refractivity contribution in [2.75, 3.05) is 14.7 Å². The fourth-order valence-electron chi connectivity index (χ4n) is 10.5. The molecule has 6 nitrogen and oxygen atoms in total. The van der Waals surface area contributed by atoms with E-state index >= 15 is 0 Å². The Bertz CT molecular complexity index is 3290. The summed E-state index contributed by atoms with van der Waals surface area (Å²) >= 11 is 0. The molecule has 0 amide bonds. The number of anilines is 9. The third-order valence-corrected chi connectivity index (χ3v) is 14.1. The van der Waals surface area contributed by atoms with Crippen molar-refractivity contribution in [3.05, 3.63) is 198 Å². The van der Waals surface area contributed by atoms with E-state index in [0.717, 1.165) is 62.2 Å². The van der Waals surface area contributed by atoms with Gasteiger partial charge in [-0.15, -0.1) is 10.2 Å². The number of hydrogen-bond acceptors (Lipinski definition) is 5. The zero-order valence-electron chi connectivity index (χ0n) is 40.7. The van der Waals surface area contributed by atoms with E-state index in [1.807, 2.05) is 18.2 Å². The van der Waals surface area contributed by atoms with Crippen molar-refractivity contribution in [1.82, 2.24) is 15.0 Å². The van der Waals surface area contributed by atoms with E-state index in [2.05, 4.69) is 235 Å². The highest BCUT2D eigenvalue weighted by Gasteiger charge is 2.44. The summed E-state index contributed by atoms with van der Waals surface area (Å²) in [5.74, 6) is 1.00. The molecule has 0 radical (unpaired) electrons. The van der Waals surface area contributed by atoms with E-state index in [4.69, 9.17) is 10.2 Å². The minimum atomic E-state index is -0.0891. The fraction of sp³-hybridized carbons (Fsp3) is 0.213. The van der Waals surface area contributed by atoms with Gasteiger partial charge in [-0.1, -0.05) is 153 Å². The highest BCUT2D eigenvalue weighted by molar-refractivity contribution is 7.00. The number of hydrogen-bond donors (Lipinski definition) is 0. The molecule has 0 fully saturated rings.